The van der Waals surface area contributed by atoms with E-state index in [2.05, 4.69) is 32.7 Å². The van der Waals surface area contributed by atoms with Gasteiger partial charge in [0.05, 0.1) is 6.20 Å². The molecule has 7 nitrogen and oxygen atoms in total. The van der Waals surface area contributed by atoms with Gasteiger partial charge in [-0.1, -0.05) is 0 Å². The first-order valence-electron chi connectivity index (χ1n) is 6.99. The molecule has 2 aromatic rings. The van der Waals surface area contributed by atoms with Crippen LogP contribution in [0.5, 0.6) is 0 Å². The Labute approximate surface area is 118 Å². The summed E-state index contributed by atoms with van der Waals surface area (Å²) >= 11 is 0. The van der Waals surface area contributed by atoms with Crippen LogP contribution in [0.15, 0.2) is 18.6 Å². The van der Waals surface area contributed by atoms with Crippen molar-refractivity contribution in [3.05, 3.63) is 18.6 Å². The minimum atomic E-state index is 0.624. The van der Waals surface area contributed by atoms with Crippen molar-refractivity contribution in [2.75, 3.05) is 37.4 Å². The second-order valence-corrected chi connectivity index (χ2v) is 5.43. The van der Waals surface area contributed by atoms with E-state index >= 15 is 0 Å². The van der Waals surface area contributed by atoms with Crippen LogP contribution in [0.4, 0.5) is 11.6 Å². The van der Waals surface area contributed by atoms with Crippen LogP contribution in [-0.2, 0) is 0 Å². The quantitative estimate of drug-likeness (QED) is 0.564. The van der Waals surface area contributed by atoms with Crippen LogP contribution in [0.1, 0.15) is 12.8 Å². The van der Waals surface area contributed by atoms with Gasteiger partial charge in [-0.25, -0.2) is 15.8 Å². The van der Waals surface area contributed by atoms with Crippen molar-refractivity contribution in [2.24, 2.45) is 11.8 Å². The van der Waals surface area contributed by atoms with Gasteiger partial charge < -0.3 is 20.0 Å². The second kappa shape index (κ2) is 5.64. The molecule has 1 saturated heterocycles. The molecule has 2 aromatic heterocycles. The van der Waals surface area contributed by atoms with Crippen molar-refractivity contribution in [3.8, 4) is 0 Å². The third-order valence-corrected chi connectivity index (χ3v) is 3.80. The smallest absolute Gasteiger partial charge is 0.180 e. The van der Waals surface area contributed by atoms with Crippen molar-refractivity contribution in [2.45, 2.75) is 12.8 Å². The lowest BCUT2D eigenvalue weighted by molar-refractivity contribution is 0.217. The minimum absolute atomic E-state index is 0.624. The Hall–Kier alpha value is -1.86. The highest BCUT2D eigenvalue weighted by molar-refractivity contribution is 5.65. The average molecular weight is 275 g/mol. The van der Waals surface area contributed by atoms with Crippen LogP contribution in [-0.4, -0.2) is 46.0 Å². The highest BCUT2D eigenvalue weighted by Crippen LogP contribution is 2.19. The summed E-state index contributed by atoms with van der Waals surface area (Å²) in [6.45, 7) is 3.24. The summed E-state index contributed by atoms with van der Waals surface area (Å²) in [6.07, 6.45) is 7.99. The number of hydrogen-bond donors (Lipinski definition) is 3. The summed E-state index contributed by atoms with van der Waals surface area (Å²) in [7, 11) is 2.18. The van der Waals surface area contributed by atoms with Crippen LogP contribution in [0.2, 0.25) is 0 Å². The molecule has 1 unspecified atom stereocenters. The summed E-state index contributed by atoms with van der Waals surface area (Å²) in [5.74, 6) is 7.51. The molecule has 0 spiro atoms. The van der Waals surface area contributed by atoms with Crippen LogP contribution >= 0.6 is 0 Å². The zero-order chi connectivity index (χ0) is 13.9. The summed E-state index contributed by atoms with van der Waals surface area (Å²) < 4.78 is 1.91. The number of nitrogens with zero attached hydrogens (tertiary/aromatic N) is 4. The summed E-state index contributed by atoms with van der Waals surface area (Å²) in [5.41, 5.74) is 3.41. The Morgan fingerprint density at radius 3 is 3.20 bits per heavy atom. The molecule has 108 valence electrons. The number of nitrogens with two attached hydrogens (primary N) is 1. The van der Waals surface area contributed by atoms with E-state index in [4.69, 9.17) is 5.84 Å². The Morgan fingerprint density at radius 2 is 2.40 bits per heavy atom. The molecule has 1 fully saturated rings. The first kappa shape index (κ1) is 13.1. The second-order valence-electron chi connectivity index (χ2n) is 5.43. The Balaban J connectivity index is 1.74. The van der Waals surface area contributed by atoms with Gasteiger partial charge >= 0.3 is 0 Å². The van der Waals surface area contributed by atoms with Crippen molar-refractivity contribution < 1.29 is 0 Å². The van der Waals surface area contributed by atoms with E-state index in [9.17, 15) is 0 Å². The van der Waals surface area contributed by atoms with Gasteiger partial charge in [-0.15, -0.1) is 0 Å². The molecule has 0 bridgehead atoms. The SMILES string of the molecule is CN1CCCC(CNc2nc(NN)cn3ccnc23)C1. The first-order chi connectivity index (χ1) is 9.76. The largest absolute Gasteiger partial charge is 0.367 e. The van der Waals surface area contributed by atoms with E-state index < -0.39 is 0 Å². The molecule has 4 N–H and O–H groups in total. The van der Waals surface area contributed by atoms with Gasteiger partial charge in [0.15, 0.2) is 17.3 Å². The number of piperidine rings is 1. The summed E-state index contributed by atoms with van der Waals surface area (Å²) in [4.78, 5) is 11.2. The number of imidazole rings is 1. The van der Waals surface area contributed by atoms with E-state index in [0.29, 0.717) is 11.7 Å². The monoisotopic (exact) mass is 275 g/mol. The van der Waals surface area contributed by atoms with Gasteiger partial charge in [0, 0.05) is 25.5 Å². The average Bonchev–Trinajstić information content (AvgIpc) is 2.93. The van der Waals surface area contributed by atoms with E-state index in [1.807, 2.05) is 16.8 Å². The lowest BCUT2D eigenvalue weighted by Gasteiger charge is -2.29. The fraction of sp³-hybridized carbons (Fsp3) is 0.538. The number of nitrogen functional groups attached to an aromatic ring is 1. The van der Waals surface area contributed by atoms with Crippen molar-refractivity contribution >= 4 is 17.3 Å². The minimum Gasteiger partial charge on any atom is -0.367 e. The normalized spacial score (nSPS) is 20.2. The van der Waals surface area contributed by atoms with Crippen molar-refractivity contribution in [3.63, 3.8) is 0 Å². The van der Waals surface area contributed by atoms with Gasteiger partial charge in [0.1, 0.15) is 0 Å². The molecule has 0 radical (unpaired) electrons. The number of nitrogens with one attached hydrogen (secondary N) is 2. The Kier molecular flexibility index (Phi) is 3.70. The Morgan fingerprint density at radius 1 is 1.50 bits per heavy atom. The highest BCUT2D eigenvalue weighted by atomic mass is 15.3. The molecule has 20 heavy (non-hydrogen) atoms. The van der Waals surface area contributed by atoms with Crippen LogP contribution in [0.25, 0.3) is 5.65 Å². The number of fused-ring (bicyclic) bond motifs is 1. The molecule has 3 rings (SSSR count). The molecular weight excluding hydrogens is 254 g/mol. The Bertz CT molecular complexity index is 579. The van der Waals surface area contributed by atoms with Gasteiger partial charge in [0.2, 0.25) is 0 Å². The molecule has 0 amide bonds. The molecule has 0 saturated carbocycles. The molecule has 0 aliphatic carbocycles. The summed E-state index contributed by atoms with van der Waals surface area (Å²) in [5, 5.41) is 3.42. The third-order valence-electron chi connectivity index (χ3n) is 3.80. The van der Waals surface area contributed by atoms with E-state index in [1.54, 1.807) is 6.20 Å². The molecule has 3 heterocycles. The molecule has 1 aliphatic rings. The van der Waals surface area contributed by atoms with Gasteiger partial charge in [-0.2, -0.15) is 0 Å². The maximum Gasteiger partial charge on any atom is 0.180 e. The first-order valence-corrected chi connectivity index (χ1v) is 6.99. The van der Waals surface area contributed by atoms with E-state index in [-0.39, 0.29) is 0 Å². The van der Waals surface area contributed by atoms with Gasteiger partial charge in [-0.05, 0) is 32.4 Å². The zero-order valence-electron chi connectivity index (χ0n) is 11.7. The predicted molar refractivity (Wildman–Crippen MR) is 79.5 cm³/mol. The number of anilines is 2. The summed E-state index contributed by atoms with van der Waals surface area (Å²) in [6, 6.07) is 0. The van der Waals surface area contributed by atoms with Gasteiger partial charge in [-0.3, -0.25) is 0 Å². The maximum atomic E-state index is 5.45. The maximum absolute atomic E-state index is 5.45. The predicted octanol–water partition coefficient (Wildman–Crippen LogP) is 0.769. The molecule has 7 heteroatoms. The topological polar surface area (TPSA) is 83.5 Å². The zero-order valence-corrected chi connectivity index (χ0v) is 11.7. The number of hydrogen-bond acceptors (Lipinski definition) is 6. The molecule has 1 atom stereocenters. The van der Waals surface area contributed by atoms with Crippen molar-refractivity contribution in [1.82, 2.24) is 19.3 Å². The number of aromatic nitrogens is 3. The fourth-order valence-electron chi connectivity index (χ4n) is 2.80. The number of likely N-dealkylation sites (tertiary alicyclic amines) is 1. The van der Waals surface area contributed by atoms with Crippen LogP contribution < -0.4 is 16.6 Å². The number of hydrazine groups is 1. The molecular formula is C13H21N7. The van der Waals surface area contributed by atoms with Crippen molar-refractivity contribution in [1.29, 1.82) is 0 Å². The van der Waals surface area contributed by atoms with Gasteiger partial charge in [0.25, 0.3) is 0 Å². The number of rotatable bonds is 4. The highest BCUT2D eigenvalue weighted by Gasteiger charge is 2.17. The van der Waals surface area contributed by atoms with E-state index in [0.717, 1.165) is 24.6 Å². The van der Waals surface area contributed by atoms with Crippen LogP contribution in [0, 0.1) is 5.92 Å². The lowest BCUT2D eigenvalue weighted by atomic mass is 9.98. The molecule has 0 aromatic carbocycles. The standard InChI is InChI=1S/C13H21N7/c1-19-5-2-3-10(8-19)7-16-12-13-15-4-6-20(13)9-11(17-12)18-14/h4,6,9-10,18H,2-3,5,7-8,14H2,1H3,(H,16,17). The van der Waals surface area contributed by atoms with Crippen LogP contribution in [0.3, 0.4) is 0 Å². The van der Waals surface area contributed by atoms with E-state index in [1.165, 1.54) is 19.4 Å². The third kappa shape index (κ3) is 2.68. The lowest BCUT2D eigenvalue weighted by Crippen LogP contribution is -2.35. The fourth-order valence-corrected chi connectivity index (χ4v) is 2.80. The molecule has 1 aliphatic heterocycles.